The van der Waals surface area contributed by atoms with Crippen molar-refractivity contribution in [2.24, 2.45) is 0 Å². The minimum absolute atomic E-state index is 0.275. The topological polar surface area (TPSA) is 130 Å². The molecule has 0 spiro atoms. The fraction of sp³-hybridized carbons (Fsp3) is 0.421. The van der Waals surface area contributed by atoms with E-state index >= 15 is 4.39 Å². The molecule has 0 saturated carbocycles. The molecule has 3 aromatic rings. The molecule has 0 amide bonds. The van der Waals surface area contributed by atoms with Crippen molar-refractivity contribution in [3.63, 3.8) is 0 Å². The van der Waals surface area contributed by atoms with E-state index in [4.69, 9.17) is 18.3 Å². The number of halogens is 1. The van der Waals surface area contributed by atoms with E-state index in [2.05, 4.69) is 20.3 Å². The number of imidazole rings is 1. The standard InChI is InChI=1S/C19H21FN5O6P/c1-10-23-16(21-3)14-17(24-10)25(9-22-14)18-19(2,20)15(26)13(29-18)8-28-32(27)30-11-6-4-5-7-12(11)31-32/h4-7,9,13,15,18,26H,8H2,1-3H3,(H,21,23,24)/t13-,15-,18-,19-/m1/s1. The summed E-state index contributed by atoms with van der Waals surface area (Å²) in [5.41, 5.74) is -1.45. The zero-order chi connectivity index (χ0) is 22.7. The normalized spacial score (nSPS) is 28.3. The van der Waals surface area contributed by atoms with Crippen molar-refractivity contribution in [2.45, 2.75) is 38.0 Å². The zero-order valence-corrected chi connectivity index (χ0v) is 18.3. The van der Waals surface area contributed by atoms with Crippen LogP contribution in [0.15, 0.2) is 30.6 Å². The highest BCUT2D eigenvalue weighted by molar-refractivity contribution is 7.49. The molecular formula is C19H21FN5O6P. The van der Waals surface area contributed by atoms with Gasteiger partial charge in [0.1, 0.15) is 18.0 Å². The smallest absolute Gasteiger partial charge is 0.391 e. The van der Waals surface area contributed by atoms with Gasteiger partial charge in [-0.2, -0.15) is 0 Å². The first-order chi connectivity index (χ1) is 15.2. The third-order valence-corrected chi connectivity index (χ3v) is 6.71. The van der Waals surface area contributed by atoms with Crippen LogP contribution in [0.5, 0.6) is 11.5 Å². The molecule has 1 fully saturated rings. The number of nitrogens with one attached hydrogen (secondary N) is 1. The van der Waals surface area contributed by atoms with Gasteiger partial charge in [0.15, 0.2) is 40.4 Å². The first-order valence-corrected chi connectivity index (χ1v) is 11.3. The van der Waals surface area contributed by atoms with Crippen molar-refractivity contribution in [2.75, 3.05) is 19.0 Å². The molecule has 2 N–H and O–H groups in total. The number of para-hydroxylation sites is 2. The molecule has 1 aromatic carbocycles. The number of phosphoric acid groups is 1. The summed E-state index contributed by atoms with van der Waals surface area (Å²) in [5, 5.41) is 13.5. The Morgan fingerprint density at radius 2 is 2.00 bits per heavy atom. The van der Waals surface area contributed by atoms with E-state index in [1.165, 1.54) is 17.8 Å². The predicted molar refractivity (Wildman–Crippen MR) is 110 cm³/mol. The summed E-state index contributed by atoms with van der Waals surface area (Å²) in [7, 11) is -2.28. The van der Waals surface area contributed by atoms with Crippen molar-refractivity contribution in [1.82, 2.24) is 19.5 Å². The first kappa shape index (κ1) is 21.1. The number of ether oxygens (including phenoxy) is 1. The largest absolute Gasteiger partial charge is 0.587 e. The van der Waals surface area contributed by atoms with Gasteiger partial charge in [-0.05, 0) is 26.0 Å². The number of nitrogens with zero attached hydrogens (tertiary/aromatic N) is 4. The third-order valence-electron chi connectivity index (χ3n) is 5.41. The van der Waals surface area contributed by atoms with Gasteiger partial charge in [0, 0.05) is 7.05 Å². The maximum atomic E-state index is 15.6. The second-order valence-corrected chi connectivity index (χ2v) is 9.21. The average molecular weight is 465 g/mol. The number of hydrogen-bond acceptors (Lipinski definition) is 10. The lowest BCUT2D eigenvalue weighted by Crippen LogP contribution is -2.40. The molecule has 4 heterocycles. The van der Waals surface area contributed by atoms with Gasteiger partial charge in [-0.25, -0.2) is 23.9 Å². The Hall–Kier alpha value is -2.79. The summed E-state index contributed by atoms with van der Waals surface area (Å²) in [6, 6.07) is 6.56. The van der Waals surface area contributed by atoms with E-state index in [9.17, 15) is 9.67 Å². The Balaban J connectivity index is 1.38. The van der Waals surface area contributed by atoms with Crippen molar-refractivity contribution >= 4 is 24.8 Å². The summed E-state index contributed by atoms with van der Waals surface area (Å²) < 4.78 is 51.5. The van der Waals surface area contributed by atoms with Crippen LogP contribution >= 0.6 is 7.82 Å². The van der Waals surface area contributed by atoms with E-state index in [0.29, 0.717) is 22.8 Å². The van der Waals surface area contributed by atoms with Crippen molar-refractivity contribution in [3.8, 4) is 11.5 Å². The monoisotopic (exact) mass is 465 g/mol. The number of aryl methyl sites for hydroxylation is 1. The molecule has 0 radical (unpaired) electrons. The van der Waals surface area contributed by atoms with Gasteiger partial charge in [0.2, 0.25) is 0 Å². The number of benzene rings is 1. The van der Waals surface area contributed by atoms with Crippen LogP contribution in [0.2, 0.25) is 0 Å². The maximum absolute atomic E-state index is 15.6. The molecule has 4 atom stereocenters. The summed E-state index contributed by atoms with van der Waals surface area (Å²) in [6.45, 7) is 2.48. The van der Waals surface area contributed by atoms with Crippen LogP contribution in [0.25, 0.3) is 11.2 Å². The summed E-state index contributed by atoms with van der Waals surface area (Å²) >= 11 is 0. The van der Waals surface area contributed by atoms with Crippen LogP contribution in [-0.4, -0.2) is 56.2 Å². The molecular weight excluding hydrogens is 444 g/mol. The second-order valence-electron chi connectivity index (χ2n) is 7.69. The van der Waals surface area contributed by atoms with Gasteiger partial charge in [0.05, 0.1) is 12.9 Å². The fourth-order valence-corrected chi connectivity index (χ4v) is 5.06. The highest BCUT2D eigenvalue weighted by Crippen LogP contribution is 2.59. The van der Waals surface area contributed by atoms with Crippen LogP contribution in [-0.2, 0) is 13.8 Å². The molecule has 5 rings (SSSR count). The number of alkyl halides is 1. The third kappa shape index (κ3) is 3.30. The number of aliphatic hydroxyl groups excluding tert-OH is 1. The lowest BCUT2D eigenvalue weighted by atomic mass is 9.98. The van der Waals surface area contributed by atoms with Gasteiger partial charge < -0.3 is 24.2 Å². The maximum Gasteiger partial charge on any atom is 0.587 e. The summed E-state index contributed by atoms with van der Waals surface area (Å²) in [5.74, 6) is 1.49. The Morgan fingerprint density at radius 1 is 1.31 bits per heavy atom. The highest BCUT2D eigenvalue weighted by Gasteiger charge is 2.56. The molecule has 0 bridgehead atoms. The number of anilines is 1. The minimum Gasteiger partial charge on any atom is -0.391 e. The Bertz CT molecular complexity index is 1210. The number of rotatable bonds is 5. The summed E-state index contributed by atoms with van der Waals surface area (Å²) in [6.07, 6.45) is -2.63. The van der Waals surface area contributed by atoms with Crippen molar-refractivity contribution < 1.29 is 32.4 Å². The average Bonchev–Trinajstić information content (AvgIpc) is 3.38. The molecule has 1 saturated heterocycles. The van der Waals surface area contributed by atoms with Gasteiger partial charge in [-0.15, -0.1) is 0 Å². The number of aliphatic hydroxyl groups is 1. The van der Waals surface area contributed by atoms with Crippen molar-refractivity contribution in [1.29, 1.82) is 0 Å². The molecule has 11 nitrogen and oxygen atoms in total. The zero-order valence-electron chi connectivity index (χ0n) is 17.4. The predicted octanol–water partition coefficient (Wildman–Crippen LogP) is 2.76. The lowest BCUT2D eigenvalue weighted by molar-refractivity contribution is -0.0553. The van der Waals surface area contributed by atoms with Gasteiger partial charge >= 0.3 is 7.82 Å². The van der Waals surface area contributed by atoms with E-state index in [1.807, 2.05) is 0 Å². The Kier molecular flexibility index (Phi) is 4.86. The SMILES string of the molecule is CNc1nc(C)nc2c1ncn2[C@@H]1O[C@H](COP2(=O)Oc3ccccc3O2)[C@@H](O)[C@@]1(C)F. The highest BCUT2D eigenvalue weighted by atomic mass is 31.2. The lowest BCUT2D eigenvalue weighted by Gasteiger charge is -2.24. The van der Waals surface area contributed by atoms with Crippen LogP contribution in [0.3, 0.4) is 0 Å². The summed E-state index contributed by atoms with van der Waals surface area (Å²) in [4.78, 5) is 12.9. The van der Waals surface area contributed by atoms with E-state index in [-0.39, 0.29) is 11.5 Å². The number of phosphoric ester groups is 1. The van der Waals surface area contributed by atoms with Gasteiger partial charge in [-0.3, -0.25) is 9.09 Å². The van der Waals surface area contributed by atoms with Gasteiger partial charge in [-0.1, -0.05) is 12.1 Å². The van der Waals surface area contributed by atoms with E-state index < -0.39 is 38.5 Å². The molecule has 0 unspecified atom stereocenters. The van der Waals surface area contributed by atoms with Crippen LogP contribution in [0, 0.1) is 6.92 Å². The molecule has 2 aromatic heterocycles. The van der Waals surface area contributed by atoms with Crippen LogP contribution < -0.4 is 14.4 Å². The first-order valence-electron chi connectivity index (χ1n) is 9.86. The van der Waals surface area contributed by atoms with Crippen LogP contribution in [0.1, 0.15) is 19.0 Å². The molecule has 2 aliphatic heterocycles. The molecule has 0 aliphatic carbocycles. The fourth-order valence-electron chi connectivity index (χ4n) is 3.80. The van der Waals surface area contributed by atoms with Crippen molar-refractivity contribution in [3.05, 3.63) is 36.4 Å². The second kappa shape index (κ2) is 7.38. The quantitative estimate of drug-likeness (QED) is 0.543. The molecule has 2 aliphatic rings. The minimum atomic E-state index is -3.97. The van der Waals surface area contributed by atoms with Gasteiger partial charge in [0.25, 0.3) is 0 Å². The number of aromatic nitrogens is 4. The molecule has 13 heteroatoms. The molecule has 32 heavy (non-hydrogen) atoms. The Morgan fingerprint density at radius 3 is 2.66 bits per heavy atom. The van der Waals surface area contributed by atoms with E-state index in [1.54, 1.807) is 38.2 Å². The molecule has 170 valence electrons. The number of fused-ring (bicyclic) bond motifs is 2. The van der Waals surface area contributed by atoms with E-state index in [0.717, 1.165) is 0 Å². The van der Waals surface area contributed by atoms with Crippen LogP contribution in [0.4, 0.5) is 10.2 Å². The number of hydrogen-bond donors (Lipinski definition) is 2. The Labute approximate surface area is 182 Å².